The van der Waals surface area contributed by atoms with Crippen LogP contribution in [0, 0.1) is 13.8 Å². The minimum absolute atomic E-state index is 0.0700. The molecule has 180 valence electrons. The minimum atomic E-state index is -1.35. The molecule has 1 aromatic rings. The van der Waals surface area contributed by atoms with Crippen molar-refractivity contribution in [2.75, 3.05) is 31.7 Å². The van der Waals surface area contributed by atoms with Gasteiger partial charge in [0, 0.05) is 16.8 Å². The number of nitrogens with one attached hydrogen (secondary N) is 3. The van der Waals surface area contributed by atoms with Crippen LogP contribution >= 0.6 is 0 Å². The van der Waals surface area contributed by atoms with E-state index < -0.39 is 62.3 Å². The number of amides is 3. The van der Waals surface area contributed by atoms with Gasteiger partial charge in [0.05, 0.1) is 38.5 Å². The molecule has 32 heavy (non-hydrogen) atoms. The molecule has 0 aliphatic rings. The van der Waals surface area contributed by atoms with Gasteiger partial charge in [-0.1, -0.05) is 6.92 Å². The number of benzene rings is 1. The van der Waals surface area contributed by atoms with Gasteiger partial charge in [-0.25, -0.2) is 0 Å². The van der Waals surface area contributed by atoms with E-state index in [2.05, 4.69) is 16.0 Å². The molecule has 0 radical (unpaired) electrons. The van der Waals surface area contributed by atoms with Crippen molar-refractivity contribution >= 4 is 23.4 Å². The average Bonchev–Trinajstić information content (AvgIpc) is 2.77. The molecule has 0 spiro atoms. The molecule has 0 saturated carbocycles. The van der Waals surface area contributed by atoms with E-state index in [0.717, 1.165) is 0 Å². The molecule has 3 amide bonds. The Morgan fingerprint density at radius 2 is 1.19 bits per heavy atom. The molecule has 0 saturated heterocycles. The number of carbonyl (C=O) groups is 3. The van der Waals surface area contributed by atoms with Crippen LogP contribution in [-0.4, -0.2) is 87.9 Å². The van der Waals surface area contributed by atoms with E-state index in [9.17, 15) is 39.9 Å². The van der Waals surface area contributed by atoms with Crippen molar-refractivity contribution in [2.24, 2.45) is 0 Å². The summed E-state index contributed by atoms with van der Waals surface area (Å²) in [6.45, 7) is 4.08. The van der Waals surface area contributed by atoms with E-state index in [0.29, 0.717) is 16.7 Å². The van der Waals surface area contributed by atoms with Crippen LogP contribution in [0.3, 0.4) is 0 Å². The second-order valence-corrected chi connectivity index (χ2v) is 7.44. The van der Waals surface area contributed by atoms with Gasteiger partial charge in [-0.3, -0.25) is 14.4 Å². The summed E-state index contributed by atoms with van der Waals surface area (Å²) in [5.41, 5.74) is 1.30. The summed E-state index contributed by atoms with van der Waals surface area (Å²) in [6.07, 6.45) is -1.11. The highest BCUT2D eigenvalue weighted by molar-refractivity contribution is 6.08. The highest BCUT2D eigenvalue weighted by atomic mass is 16.3. The summed E-state index contributed by atoms with van der Waals surface area (Å²) in [7, 11) is 0. The van der Waals surface area contributed by atoms with Crippen LogP contribution in [0.5, 0.6) is 0 Å². The second kappa shape index (κ2) is 12.5. The molecule has 1 unspecified atom stereocenters. The summed E-state index contributed by atoms with van der Waals surface area (Å²) < 4.78 is 0. The fourth-order valence-corrected chi connectivity index (χ4v) is 3.31. The van der Waals surface area contributed by atoms with Crippen molar-refractivity contribution < 1.29 is 39.9 Å². The largest absolute Gasteiger partial charge is 0.394 e. The Labute approximate surface area is 186 Å². The first-order valence-corrected chi connectivity index (χ1v) is 10.3. The fraction of sp³-hybridized carbons (Fsp3) is 0.571. The van der Waals surface area contributed by atoms with E-state index in [-0.39, 0.29) is 23.2 Å². The van der Waals surface area contributed by atoms with Gasteiger partial charge in [0.1, 0.15) is 6.10 Å². The molecular formula is C21H33N3O8. The van der Waals surface area contributed by atoms with E-state index in [1.165, 1.54) is 6.92 Å². The third-order valence-corrected chi connectivity index (χ3v) is 5.09. The van der Waals surface area contributed by atoms with Crippen LogP contribution in [-0.2, 0) is 11.2 Å². The van der Waals surface area contributed by atoms with E-state index >= 15 is 0 Å². The van der Waals surface area contributed by atoms with Crippen LogP contribution in [0.15, 0.2) is 0 Å². The molecule has 11 nitrogen and oxygen atoms in total. The predicted octanol–water partition coefficient (Wildman–Crippen LogP) is -1.65. The summed E-state index contributed by atoms with van der Waals surface area (Å²) >= 11 is 0. The SMILES string of the molecule is CCc1c(C(=O)NC(CO)CO)c(C)c(NC(=O)C(C)O)c(C)c1C(=O)NC(CO)CO. The van der Waals surface area contributed by atoms with Crippen molar-refractivity contribution in [2.45, 2.75) is 52.3 Å². The predicted molar refractivity (Wildman–Crippen MR) is 116 cm³/mol. The lowest BCUT2D eigenvalue weighted by Crippen LogP contribution is -2.42. The smallest absolute Gasteiger partial charge is 0.252 e. The maximum atomic E-state index is 13.1. The topological polar surface area (TPSA) is 188 Å². The first-order valence-electron chi connectivity index (χ1n) is 10.3. The number of aliphatic hydroxyl groups excluding tert-OH is 5. The molecule has 1 rings (SSSR count). The number of aliphatic hydroxyl groups is 5. The molecule has 0 heterocycles. The van der Waals surface area contributed by atoms with Crippen LogP contribution in [0.4, 0.5) is 5.69 Å². The van der Waals surface area contributed by atoms with E-state index in [1.54, 1.807) is 20.8 Å². The molecule has 0 bridgehead atoms. The molecule has 0 fully saturated rings. The number of hydrogen-bond donors (Lipinski definition) is 8. The zero-order valence-corrected chi connectivity index (χ0v) is 18.7. The third-order valence-electron chi connectivity index (χ3n) is 5.09. The monoisotopic (exact) mass is 455 g/mol. The highest BCUT2D eigenvalue weighted by Crippen LogP contribution is 2.32. The Bertz CT molecular complexity index is 780. The van der Waals surface area contributed by atoms with Gasteiger partial charge in [-0.05, 0) is 43.9 Å². The van der Waals surface area contributed by atoms with Crippen molar-refractivity contribution in [1.29, 1.82) is 0 Å². The standard InChI is InChI=1S/C21H33N3O8/c1-5-15-16(20(31)22-13(6-25)7-26)10(2)18(24-19(30)12(4)29)11(3)17(15)21(32)23-14(8-27)9-28/h12-14,25-29H,5-9H2,1-4H3,(H,22,31)(H,23,32)(H,24,30). The van der Waals surface area contributed by atoms with E-state index in [4.69, 9.17) is 0 Å². The highest BCUT2D eigenvalue weighted by Gasteiger charge is 2.29. The van der Waals surface area contributed by atoms with Crippen LogP contribution in [0.2, 0.25) is 0 Å². The Morgan fingerprint density at radius 3 is 1.47 bits per heavy atom. The second-order valence-electron chi connectivity index (χ2n) is 7.44. The van der Waals surface area contributed by atoms with Crippen molar-refractivity contribution in [3.05, 3.63) is 27.8 Å². The van der Waals surface area contributed by atoms with Crippen molar-refractivity contribution in [1.82, 2.24) is 10.6 Å². The van der Waals surface area contributed by atoms with Gasteiger partial charge in [-0.15, -0.1) is 0 Å². The Hall–Kier alpha value is -2.57. The lowest BCUT2D eigenvalue weighted by molar-refractivity contribution is -0.123. The number of rotatable bonds is 11. The summed E-state index contributed by atoms with van der Waals surface area (Å²) in [4.78, 5) is 38.3. The number of hydrogen-bond acceptors (Lipinski definition) is 8. The molecule has 1 aromatic carbocycles. The van der Waals surface area contributed by atoms with E-state index in [1.807, 2.05) is 0 Å². The lowest BCUT2D eigenvalue weighted by Gasteiger charge is -2.25. The first-order chi connectivity index (χ1) is 15.1. The van der Waals surface area contributed by atoms with Gasteiger partial charge in [0.2, 0.25) is 0 Å². The average molecular weight is 456 g/mol. The summed E-state index contributed by atoms with van der Waals surface area (Å²) in [5.74, 6) is -2.09. The number of carbonyl (C=O) groups excluding carboxylic acids is 3. The maximum absolute atomic E-state index is 13.1. The summed E-state index contributed by atoms with van der Waals surface area (Å²) in [5, 5.41) is 54.4. The van der Waals surface area contributed by atoms with Crippen LogP contribution in [0.25, 0.3) is 0 Å². The summed E-state index contributed by atoms with van der Waals surface area (Å²) in [6, 6.07) is -1.87. The molecule has 8 N–H and O–H groups in total. The fourth-order valence-electron chi connectivity index (χ4n) is 3.31. The van der Waals surface area contributed by atoms with Crippen LogP contribution in [0.1, 0.15) is 51.3 Å². The van der Waals surface area contributed by atoms with Gasteiger partial charge in [0.25, 0.3) is 17.7 Å². The molecule has 11 heteroatoms. The zero-order chi connectivity index (χ0) is 24.6. The Balaban J connectivity index is 3.77. The van der Waals surface area contributed by atoms with Crippen LogP contribution < -0.4 is 16.0 Å². The Morgan fingerprint density at radius 1 is 0.812 bits per heavy atom. The van der Waals surface area contributed by atoms with Crippen molar-refractivity contribution in [3.63, 3.8) is 0 Å². The van der Waals surface area contributed by atoms with Gasteiger partial charge in [-0.2, -0.15) is 0 Å². The minimum Gasteiger partial charge on any atom is -0.394 e. The maximum Gasteiger partial charge on any atom is 0.252 e. The third kappa shape index (κ3) is 6.24. The van der Waals surface area contributed by atoms with Crippen molar-refractivity contribution in [3.8, 4) is 0 Å². The first kappa shape index (κ1) is 27.5. The molecule has 0 aromatic heterocycles. The molecular weight excluding hydrogens is 422 g/mol. The van der Waals surface area contributed by atoms with Gasteiger partial charge >= 0.3 is 0 Å². The molecule has 0 aliphatic carbocycles. The molecule has 1 atom stereocenters. The van der Waals surface area contributed by atoms with Gasteiger partial charge < -0.3 is 41.5 Å². The zero-order valence-electron chi connectivity index (χ0n) is 18.7. The Kier molecular flexibility index (Phi) is 10.7. The lowest BCUT2D eigenvalue weighted by atomic mass is 9.87. The molecule has 0 aliphatic heterocycles. The normalized spacial score (nSPS) is 12.1. The van der Waals surface area contributed by atoms with Gasteiger partial charge in [0.15, 0.2) is 0 Å². The quantitative estimate of drug-likeness (QED) is 0.195. The number of anilines is 1.